The van der Waals surface area contributed by atoms with Gasteiger partial charge in [0.1, 0.15) is 23.1 Å². The fourth-order valence-electron chi connectivity index (χ4n) is 1.38. The lowest BCUT2D eigenvalue weighted by atomic mass is 10.3. The molecule has 3 N–H and O–H groups in total. The van der Waals surface area contributed by atoms with Gasteiger partial charge in [0.15, 0.2) is 0 Å². The smallest absolute Gasteiger partial charge is 0.148 e. The summed E-state index contributed by atoms with van der Waals surface area (Å²) < 4.78 is 14.9. The Bertz CT molecular complexity index is 478. The predicted octanol–water partition coefficient (Wildman–Crippen LogP) is 1.64. The lowest BCUT2D eigenvalue weighted by Crippen LogP contribution is -2.04. The quantitative estimate of drug-likeness (QED) is 0.785. The fraction of sp³-hybridized carbons (Fsp3) is 0.100. The van der Waals surface area contributed by atoms with Crippen LogP contribution in [0.2, 0.25) is 0 Å². The molecule has 15 heavy (non-hydrogen) atoms. The lowest BCUT2D eigenvalue weighted by molar-refractivity contribution is 0.612. The summed E-state index contributed by atoms with van der Waals surface area (Å²) in [7, 11) is 1.73. The highest BCUT2D eigenvalue weighted by molar-refractivity contribution is 5.51. The molecule has 0 aliphatic carbocycles. The number of anilines is 2. The average Bonchev–Trinajstić information content (AvgIpc) is 2.60. The summed E-state index contributed by atoms with van der Waals surface area (Å²) in [5, 5.41) is 6.90. The molecule has 78 valence electrons. The molecule has 0 saturated heterocycles. The number of nitrogen functional groups attached to an aromatic ring is 1. The summed E-state index contributed by atoms with van der Waals surface area (Å²) in [6, 6.07) is 8.04. The lowest BCUT2D eigenvalue weighted by Gasteiger charge is -2.06. The maximum absolute atomic E-state index is 13.5. The molecule has 0 fully saturated rings. The molecule has 0 spiro atoms. The van der Waals surface area contributed by atoms with Crippen molar-refractivity contribution in [3.63, 3.8) is 0 Å². The molecule has 0 radical (unpaired) electrons. The number of nitrogens with zero attached hydrogens (tertiary/aromatic N) is 2. The number of nitrogens with one attached hydrogen (secondary N) is 1. The van der Waals surface area contributed by atoms with Crippen molar-refractivity contribution >= 4 is 11.6 Å². The average molecular weight is 206 g/mol. The Labute approximate surface area is 86.5 Å². The minimum Gasteiger partial charge on any atom is -0.382 e. The van der Waals surface area contributed by atoms with Crippen LogP contribution in [-0.2, 0) is 0 Å². The Hall–Kier alpha value is -2.04. The first-order chi connectivity index (χ1) is 7.22. The molecule has 0 saturated carbocycles. The second-order valence-corrected chi connectivity index (χ2v) is 3.07. The fourth-order valence-corrected chi connectivity index (χ4v) is 1.38. The van der Waals surface area contributed by atoms with E-state index in [1.54, 1.807) is 31.3 Å². The van der Waals surface area contributed by atoms with Crippen molar-refractivity contribution < 1.29 is 4.39 Å². The minimum absolute atomic E-state index is 0.336. The Morgan fingerprint density at radius 3 is 2.80 bits per heavy atom. The zero-order valence-electron chi connectivity index (χ0n) is 8.24. The van der Waals surface area contributed by atoms with Crippen molar-refractivity contribution in [2.45, 2.75) is 0 Å². The van der Waals surface area contributed by atoms with Gasteiger partial charge in [0.05, 0.1) is 0 Å². The Kier molecular flexibility index (Phi) is 2.29. The van der Waals surface area contributed by atoms with Crippen LogP contribution in [0.15, 0.2) is 30.3 Å². The molecule has 1 aromatic carbocycles. The highest BCUT2D eigenvalue weighted by Gasteiger charge is 2.09. The van der Waals surface area contributed by atoms with E-state index >= 15 is 0 Å². The topological polar surface area (TPSA) is 55.9 Å². The van der Waals surface area contributed by atoms with E-state index in [4.69, 9.17) is 5.73 Å². The maximum Gasteiger partial charge on any atom is 0.148 e. The number of hydrogen-bond donors (Lipinski definition) is 2. The van der Waals surface area contributed by atoms with Crippen molar-refractivity contribution in [2.24, 2.45) is 0 Å². The molecule has 1 heterocycles. The number of halogens is 1. The number of nitrogens with two attached hydrogens (primary N) is 1. The van der Waals surface area contributed by atoms with Crippen molar-refractivity contribution in [1.29, 1.82) is 0 Å². The molecular formula is C10H11FN4. The van der Waals surface area contributed by atoms with Gasteiger partial charge in [-0.3, -0.25) is 0 Å². The molecule has 2 rings (SSSR count). The second kappa shape index (κ2) is 3.61. The number of para-hydroxylation sites is 1. The molecule has 2 aromatic rings. The van der Waals surface area contributed by atoms with Crippen molar-refractivity contribution in [3.8, 4) is 5.69 Å². The molecule has 0 unspecified atom stereocenters. The summed E-state index contributed by atoms with van der Waals surface area (Å²) in [4.78, 5) is 0. The minimum atomic E-state index is -0.336. The van der Waals surface area contributed by atoms with Crippen LogP contribution in [0.3, 0.4) is 0 Å². The first-order valence-corrected chi connectivity index (χ1v) is 4.50. The number of benzene rings is 1. The van der Waals surface area contributed by atoms with Gasteiger partial charge in [-0.25, -0.2) is 9.07 Å². The first-order valence-electron chi connectivity index (χ1n) is 4.50. The number of aromatic nitrogens is 2. The van der Waals surface area contributed by atoms with Gasteiger partial charge < -0.3 is 11.1 Å². The van der Waals surface area contributed by atoms with E-state index in [1.165, 1.54) is 10.7 Å². The zero-order valence-corrected chi connectivity index (χ0v) is 8.24. The van der Waals surface area contributed by atoms with Crippen LogP contribution in [0.4, 0.5) is 16.0 Å². The maximum atomic E-state index is 13.5. The van der Waals surface area contributed by atoms with E-state index in [9.17, 15) is 4.39 Å². The normalized spacial score (nSPS) is 10.3. The zero-order chi connectivity index (χ0) is 10.8. The van der Waals surface area contributed by atoms with Crippen LogP contribution in [0.1, 0.15) is 0 Å². The summed E-state index contributed by atoms with van der Waals surface area (Å²) in [5.41, 5.74) is 5.92. The van der Waals surface area contributed by atoms with Gasteiger partial charge in [0.2, 0.25) is 0 Å². The highest BCUT2D eigenvalue weighted by atomic mass is 19.1. The largest absolute Gasteiger partial charge is 0.382 e. The van der Waals surface area contributed by atoms with Gasteiger partial charge in [-0.15, -0.1) is 5.10 Å². The molecular weight excluding hydrogens is 195 g/mol. The molecule has 0 amide bonds. The van der Waals surface area contributed by atoms with Crippen molar-refractivity contribution in [1.82, 2.24) is 9.78 Å². The van der Waals surface area contributed by atoms with Crippen LogP contribution in [0.5, 0.6) is 0 Å². The third-order valence-corrected chi connectivity index (χ3v) is 2.07. The number of rotatable bonds is 2. The van der Waals surface area contributed by atoms with Gasteiger partial charge in [-0.1, -0.05) is 12.1 Å². The van der Waals surface area contributed by atoms with E-state index < -0.39 is 0 Å². The van der Waals surface area contributed by atoms with Crippen LogP contribution >= 0.6 is 0 Å². The van der Waals surface area contributed by atoms with Crippen molar-refractivity contribution in [2.75, 3.05) is 18.1 Å². The number of hydrogen-bond acceptors (Lipinski definition) is 3. The van der Waals surface area contributed by atoms with E-state index in [0.717, 1.165) is 0 Å². The molecule has 0 aliphatic heterocycles. The Morgan fingerprint density at radius 1 is 1.40 bits per heavy atom. The van der Waals surface area contributed by atoms with E-state index in [1.807, 2.05) is 0 Å². The molecule has 0 bridgehead atoms. The van der Waals surface area contributed by atoms with Gasteiger partial charge in [0, 0.05) is 13.1 Å². The summed E-state index contributed by atoms with van der Waals surface area (Å²) in [6.45, 7) is 0. The monoisotopic (exact) mass is 206 g/mol. The molecule has 0 atom stereocenters. The SMILES string of the molecule is CNc1cc(N)nn1-c1ccccc1F. The highest BCUT2D eigenvalue weighted by Crippen LogP contribution is 2.19. The van der Waals surface area contributed by atoms with Crippen LogP contribution < -0.4 is 11.1 Å². The summed E-state index contributed by atoms with van der Waals surface area (Å²) in [6.07, 6.45) is 0. The molecule has 4 nitrogen and oxygen atoms in total. The third-order valence-electron chi connectivity index (χ3n) is 2.07. The van der Waals surface area contributed by atoms with Crippen molar-refractivity contribution in [3.05, 3.63) is 36.1 Å². The van der Waals surface area contributed by atoms with Gasteiger partial charge in [-0.05, 0) is 12.1 Å². The molecule has 0 aliphatic rings. The van der Waals surface area contributed by atoms with Gasteiger partial charge >= 0.3 is 0 Å². The predicted molar refractivity (Wildman–Crippen MR) is 57.5 cm³/mol. The van der Waals surface area contributed by atoms with E-state index in [-0.39, 0.29) is 5.82 Å². The first kappa shape index (κ1) is 9.51. The van der Waals surface area contributed by atoms with E-state index in [2.05, 4.69) is 10.4 Å². The third kappa shape index (κ3) is 1.63. The summed E-state index contributed by atoms with van der Waals surface area (Å²) >= 11 is 0. The standard InChI is InChI=1S/C10H11FN4/c1-13-10-6-9(12)14-15(10)8-5-3-2-4-7(8)11/h2-6,13H,1H3,(H2,12,14). The Morgan fingerprint density at radius 2 is 2.13 bits per heavy atom. The Balaban J connectivity index is 2.58. The van der Waals surface area contributed by atoms with Crippen LogP contribution in [0, 0.1) is 5.82 Å². The van der Waals surface area contributed by atoms with E-state index in [0.29, 0.717) is 17.3 Å². The summed E-state index contributed by atoms with van der Waals surface area (Å²) in [5.74, 6) is 0.664. The van der Waals surface area contributed by atoms with Crippen LogP contribution in [0.25, 0.3) is 5.69 Å². The van der Waals surface area contributed by atoms with Gasteiger partial charge in [-0.2, -0.15) is 0 Å². The van der Waals surface area contributed by atoms with Gasteiger partial charge in [0.25, 0.3) is 0 Å². The van der Waals surface area contributed by atoms with Crippen LogP contribution in [-0.4, -0.2) is 16.8 Å². The molecule has 1 aromatic heterocycles. The molecule has 5 heteroatoms. The second-order valence-electron chi connectivity index (χ2n) is 3.07.